The number of carbonyl (C=O) groups is 2. The Morgan fingerprint density at radius 3 is 2.11 bits per heavy atom. The predicted molar refractivity (Wildman–Crippen MR) is 109 cm³/mol. The van der Waals surface area contributed by atoms with E-state index in [2.05, 4.69) is 25.9 Å². The molecule has 0 spiro atoms. The van der Waals surface area contributed by atoms with E-state index in [4.69, 9.17) is 0 Å². The lowest BCUT2D eigenvalue weighted by Crippen LogP contribution is -2.30. The molecule has 3 amide bonds. The standard InChI is InChI=1S/C21H21N5O2/c1-12-13(2)23-19-11-14(3-10-18(19)22-12)20(27)24-15-4-6-16(7-5-15)25-21(28)26-17-8-9-17/h3-7,10-11,17H,8-9H2,1-2H3,(H,24,27)(H2,25,26,28). The Bertz CT molecular complexity index is 1060. The van der Waals surface area contributed by atoms with Crippen LogP contribution in [0.4, 0.5) is 16.2 Å². The number of hydrogen-bond donors (Lipinski definition) is 3. The molecule has 2 aromatic carbocycles. The lowest BCUT2D eigenvalue weighted by atomic mass is 10.1. The van der Waals surface area contributed by atoms with Gasteiger partial charge >= 0.3 is 6.03 Å². The van der Waals surface area contributed by atoms with Crippen molar-refractivity contribution in [1.29, 1.82) is 0 Å². The van der Waals surface area contributed by atoms with Crippen molar-refractivity contribution in [3.8, 4) is 0 Å². The number of anilines is 2. The maximum absolute atomic E-state index is 12.6. The number of rotatable bonds is 4. The second-order valence-electron chi connectivity index (χ2n) is 7.00. The summed E-state index contributed by atoms with van der Waals surface area (Å²) in [5.41, 5.74) is 5.00. The van der Waals surface area contributed by atoms with Gasteiger partial charge in [-0.1, -0.05) is 0 Å². The van der Waals surface area contributed by atoms with Crippen molar-refractivity contribution in [1.82, 2.24) is 15.3 Å². The van der Waals surface area contributed by atoms with Crippen LogP contribution in [-0.4, -0.2) is 27.9 Å². The fourth-order valence-electron chi connectivity index (χ4n) is 2.79. The zero-order chi connectivity index (χ0) is 19.7. The molecular formula is C21H21N5O2. The van der Waals surface area contributed by atoms with Gasteiger partial charge in [-0.2, -0.15) is 0 Å². The van der Waals surface area contributed by atoms with E-state index in [1.807, 2.05) is 13.8 Å². The number of nitrogens with zero attached hydrogens (tertiary/aromatic N) is 2. The summed E-state index contributed by atoms with van der Waals surface area (Å²) in [6.07, 6.45) is 2.08. The van der Waals surface area contributed by atoms with Crippen LogP contribution >= 0.6 is 0 Å². The molecule has 0 saturated heterocycles. The maximum atomic E-state index is 12.6. The number of benzene rings is 2. The third kappa shape index (κ3) is 4.09. The first-order valence-electron chi connectivity index (χ1n) is 9.22. The van der Waals surface area contributed by atoms with E-state index in [-0.39, 0.29) is 11.9 Å². The lowest BCUT2D eigenvalue weighted by molar-refractivity contribution is 0.102. The minimum Gasteiger partial charge on any atom is -0.335 e. The van der Waals surface area contributed by atoms with Gasteiger partial charge in [0.1, 0.15) is 0 Å². The van der Waals surface area contributed by atoms with Crippen molar-refractivity contribution in [2.24, 2.45) is 0 Å². The van der Waals surface area contributed by atoms with Crippen molar-refractivity contribution in [2.75, 3.05) is 10.6 Å². The van der Waals surface area contributed by atoms with Gasteiger partial charge in [-0.3, -0.25) is 4.79 Å². The van der Waals surface area contributed by atoms with Gasteiger partial charge in [-0.15, -0.1) is 0 Å². The summed E-state index contributed by atoms with van der Waals surface area (Å²) in [6.45, 7) is 3.81. The number of fused-ring (bicyclic) bond motifs is 1. The molecule has 1 aliphatic rings. The largest absolute Gasteiger partial charge is 0.335 e. The molecule has 1 fully saturated rings. The van der Waals surface area contributed by atoms with Crippen molar-refractivity contribution >= 4 is 34.3 Å². The molecule has 7 heteroatoms. The highest BCUT2D eigenvalue weighted by Gasteiger charge is 2.23. The van der Waals surface area contributed by atoms with Crippen LogP contribution in [0.3, 0.4) is 0 Å². The van der Waals surface area contributed by atoms with Gasteiger partial charge < -0.3 is 16.0 Å². The number of aromatic nitrogens is 2. The van der Waals surface area contributed by atoms with Crippen molar-refractivity contribution in [2.45, 2.75) is 32.7 Å². The van der Waals surface area contributed by atoms with Crippen molar-refractivity contribution in [3.63, 3.8) is 0 Å². The van der Waals surface area contributed by atoms with Crippen LogP contribution in [0.2, 0.25) is 0 Å². The molecule has 1 saturated carbocycles. The van der Waals surface area contributed by atoms with Crippen LogP contribution < -0.4 is 16.0 Å². The summed E-state index contributed by atoms with van der Waals surface area (Å²) in [5, 5.41) is 8.50. The molecule has 0 bridgehead atoms. The first-order chi connectivity index (χ1) is 13.5. The maximum Gasteiger partial charge on any atom is 0.319 e. The SMILES string of the molecule is Cc1nc2ccc(C(=O)Nc3ccc(NC(=O)NC4CC4)cc3)cc2nc1C. The first kappa shape index (κ1) is 17.9. The quantitative estimate of drug-likeness (QED) is 0.646. The van der Waals surface area contributed by atoms with Crippen molar-refractivity contribution < 1.29 is 9.59 Å². The Labute approximate surface area is 162 Å². The van der Waals surface area contributed by atoms with Gasteiger partial charge in [0.25, 0.3) is 5.91 Å². The number of urea groups is 1. The highest BCUT2D eigenvalue weighted by atomic mass is 16.2. The molecule has 0 radical (unpaired) electrons. The number of aryl methyl sites for hydroxylation is 2. The normalized spacial score (nSPS) is 13.2. The minimum absolute atomic E-state index is 0.206. The molecular weight excluding hydrogens is 354 g/mol. The Morgan fingerprint density at radius 1 is 0.857 bits per heavy atom. The molecule has 0 unspecified atom stereocenters. The molecule has 1 heterocycles. The van der Waals surface area contributed by atoms with Gasteiger partial charge in [0.2, 0.25) is 0 Å². The Hall–Kier alpha value is -3.48. The molecule has 4 rings (SSSR count). The Balaban J connectivity index is 1.43. The van der Waals surface area contributed by atoms with E-state index in [0.29, 0.717) is 28.5 Å². The van der Waals surface area contributed by atoms with Gasteiger partial charge in [0, 0.05) is 23.0 Å². The average Bonchev–Trinajstić information content (AvgIpc) is 3.47. The third-order valence-electron chi connectivity index (χ3n) is 4.65. The van der Waals surface area contributed by atoms with E-state index in [9.17, 15) is 9.59 Å². The Morgan fingerprint density at radius 2 is 1.46 bits per heavy atom. The molecule has 28 heavy (non-hydrogen) atoms. The van der Waals surface area contributed by atoms with Crippen LogP contribution in [0.1, 0.15) is 34.6 Å². The highest BCUT2D eigenvalue weighted by Crippen LogP contribution is 2.20. The molecule has 1 aromatic heterocycles. The monoisotopic (exact) mass is 375 g/mol. The lowest BCUT2D eigenvalue weighted by Gasteiger charge is -2.09. The summed E-state index contributed by atoms with van der Waals surface area (Å²) in [6, 6.07) is 12.4. The number of amides is 3. The van der Waals surface area contributed by atoms with Crippen LogP contribution in [-0.2, 0) is 0 Å². The summed E-state index contributed by atoms with van der Waals surface area (Å²) in [5.74, 6) is -0.228. The van der Waals surface area contributed by atoms with Crippen LogP contribution in [0, 0.1) is 13.8 Å². The van der Waals surface area contributed by atoms with Crippen molar-refractivity contribution in [3.05, 3.63) is 59.4 Å². The van der Waals surface area contributed by atoms with Crippen LogP contribution in [0.15, 0.2) is 42.5 Å². The molecule has 3 aromatic rings. The predicted octanol–water partition coefficient (Wildman–Crippen LogP) is 3.78. The summed E-state index contributed by atoms with van der Waals surface area (Å²) in [4.78, 5) is 33.3. The molecule has 7 nitrogen and oxygen atoms in total. The summed E-state index contributed by atoms with van der Waals surface area (Å²) < 4.78 is 0. The average molecular weight is 375 g/mol. The first-order valence-corrected chi connectivity index (χ1v) is 9.22. The molecule has 142 valence electrons. The van der Waals surface area contributed by atoms with Gasteiger partial charge in [-0.25, -0.2) is 14.8 Å². The fourth-order valence-corrected chi connectivity index (χ4v) is 2.79. The van der Waals surface area contributed by atoms with Crippen LogP contribution in [0.25, 0.3) is 11.0 Å². The molecule has 3 N–H and O–H groups in total. The number of nitrogens with one attached hydrogen (secondary N) is 3. The number of hydrogen-bond acceptors (Lipinski definition) is 4. The fraction of sp³-hybridized carbons (Fsp3) is 0.238. The summed E-state index contributed by atoms with van der Waals surface area (Å²) >= 11 is 0. The van der Waals surface area contributed by atoms with Gasteiger partial charge in [0.05, 0.1) is 22.4 Å². The van der Waals surface area contributed by atoms with E-state index >= 15 is 0 Å². The zero-order valence-electron chi connectivity index (χ0n) is 15.7. The molecule has 0 atom stereocenters. The van der Waals surface area contributed by atoms with Gasteiger partial charge in [0.15, 0.2) is 0 Å². The molecule has 1 aliphatic carbocycles. The highest BCUT2D eigenvalue weighted by molar-refractivity contribution is 6.06. The second-order valence-corrected chi connectivity index (χ2v) is 7.00. The van der Waals surface area contributed by atoms with Crippen LogP contribution in [0.5, 0.6) is 0 Å². The van der Waals surface area contributed by atoms with E-state index in [1.54, 1.807) is 42.5 Å². The summed E-state index contributed by atoms with van der Waals surface area (Å²) in [7, 11) is 0. The zero-order valence-corrected chi connectivity index (χ0v) is 15.7. The van der Waals surface area contributed by atoms with Gasteiger partial charge in [-0.05, 0) is 69.2 Å². The molecule has 0 aliphatic heterocycles. The second kappa shape index (κ2) is 7.26. The van der Waals surface area contributed by atoms with E-state index in [1.165, 1.54) is 0 Å². The smallest absolute Gasteiger partial charge is 0.319 e. The van der Waals surface area contributed by atoms with E-state index in [0.717, 1.165) is 29.7 Å². The third-order valence-corrected chi connectivity index (χ3v) is 4.65. The van der Waals surface area contributed by atoms with E-state index < -0.39 is 0 Å². The minimum atomic E-state index is -0.228. The number of carbonyl (C=O) groups excluding carboxylic acids is 2. The Kier molecular flexibility index (Phi) is 4.65. The topological polar surface area (TPSA) is 96.0 Å².